The molecular weight excluding hydrogens is 335 g/mol. The predicted octanol–water partition coefficient (Wildman–Crippen LogP) is 1.51. The van der Waals surface area contributed by atoms with Gasteiger partial charge in [-0.05, 0) is 42.7 Å². The second-order valence-electron chi connectivity index (χ2n) is 5.45. The van der Waals surface area contributed by atoms with Crippen molar-refractivity contribution in [3.05, 3.63) is 54.1 Å². The van der Waals surface area contributed by atoms with Gasteiger partial charge in [0, 0.05) is 0 Å². The Labute approximate surface area is 166 Å². The van der Waals surface area contributed by atoms with Crippen molar-refractivity contribution >= 4 is 10.1 Å². The van der Waals surface area contributed by atoms with E-state index in [0.29, 0.717) is 11.5 Å². The van der Waals surface area contributed by atoms with Gasteiger partial charge in [-0.15, -0.1) is 0 Å². The van der Waals surface area contributed by atoms with Crippen molar-refractivity contribution in [1.29, 1.82) is 0 Å². The minimum atomic E-state index is -4.48. The summed E-state index contributed by atoms with van der Waals surface area (Å²) in [6, 6.07) is 13.4. The maximum absolute atomic E-state index is 11.1. The molecule has 2 aromatic rings. The van der Waals surface area contributed by atoms with Gasteiger partial charge in [-0.3, -0.25) is 0 Å². The first-order chi connectivity index (χ1) is 11.0. The SMILES string of the molecule is CCCCCCc1ccccc1Oc1cccc(S(=O)(=O)[O-])c1.[Na+]. The monoisotopic (exact) mass is 356 g/mol. The van der Waals surface area contributed by atoms with Gasteiger partial charge < -0.3 is 9.29 Å². The molecule has 0 unspecified atom stereocenters. The maximum Gasteiger partial charge on any atom is 1.00 e. The number of ether oxygens (including phenoxy) is 1. The van der Waals surface area contributed by atoms with Gasteiger partial charge in [-0.1, -0.05) is 50.5 Å². The Morgan fingerprint density at radius 3 is 2.46 bits per heavy atom. The van der Waals surface area contributed by atoms with Gasteiger partial charge in [0.25, 0.3) is 0 Å². The quantitative estimate of drug-likeness (QED) is 0.409. The molecule has 0 amide bonds. The van der Waals surface area contributed by atoms with Crippen molar-refractivity contribution in [3.8, 4) is 11.5 Å². The number of aryl methyl sites for hydroxylation is 1. The van der Waals surface area contributed by atoms with Crippen molar-refractivity contribution in [2.45, 2.75) is 43.9 Å². The second-order valence-corrected chi connectivity index (χ2v) is 6.83. The van der Waals surface area contributed by atoms with Crippen LogP contribution in [0, 0.1) is 0 Å². The standard InChI is InChI=1S/C18H22O4S.Na/c1-2-3-4-5-9-15-10-6-7-13-18(15)22-16-11-8-12-17(14-16)23(19,20)21;/h6-8,10-14H,2-5,9H2,1H3,(H,19,20,21);/q;+1/p-1. The fraction of sp³-hybridized carbons (Fsp3) is 0.333. The molecule has 0 N–H and O–H groups in total. The van der Waals surface area contributed by atoms with Crippen LogP contribution >= 0.6 is 0 Å². The van der Waals surface area contributed by atoms with E-state index in [9.17, 15) is 13.0 Å². The van der Waals surface area contributed by atoms with Crippen molar-refractivity contribution in [3.63, 3.8) is 0 Å². The number of rotatable bonds is 8. The number of para-hydroxylation sites is 1. The van der Waals surface area contributed by atoms with Gasteiger partial charge in [0.1, 0.15) is 21.6 Å². The molecule has 0 aliphatic heterocycles. The molecule has 0 aromatic heterocycles. The molecule has 2 aromatic carbocycles. The third-order valence-electron chi connectivity index (χ3n) is 3.59. The molecule has 2 rings (SSSR count). The Hall–Kier alpha value is -0.850. The number of unbranched alkanes of at least 4 members (excludes halogenated alkanes) is 3. The van der Waals surface area contributed by atoms with Crippen LogP contribution in [0.3, 0.4) is 0 Å². The first-order valence-corrected chi connectivity index (χ1v) is 9.23. The third-order valence-corrected chi connectivity index (χ3v) is 4.43. The minimum absolute atomic E-state index is 0. The Kier molecular flexibility index (Phi) is 9.02. The molecule has 0 bridgehead atoms. The van der Waals surface area contributed by atoms with Crippen molar-refractivity contribution < 1.29 is 47.3 Å². The second kappa shape index (κ2) is 10.2. The van der Waals surface area contributed by atoms with E-state index >= 15 is 0 Å². The van der Waals surface area contributed by atoms with Gasteiger partial charge in [0.2, 0.25) is 0 Å². The summed E-state index contributed by atoms with van der Waals surface area (Å²) < 4.78 is 39.1. The average Bonchev–Trinajstić information content (AvgIpc) is 2.52. The molecule has 4 nitrogen and oxygen atoms in total. The zero-order chi connectivity index (χ0) is 16.7. The number of hydrogen-bond donors (Lipinski definition) is 0. The molecule has 6 heteroatoms. The summed E-state index contributed by atoms with van der Waals surface area (Å²) >= 11 is 0. The van der Waals surface area contributed by atoms with Gasteiger partial charge in [-0.25, -0.2) is 8.42 Å². The molecule has 24 heavy (non-hydrogen) atoms. The smallest absolute Gasteiger partial charge is 0.744 e. The van der Waals surface area contributed by atoms with Crippen LogP contribution < -0.4 is 34.3 Å². The first kappa shape index (κ1) is 21.2. The van der Waals surface area contributed by atoms with Crippen molar-refractivity contribution in [2.24, 2.45) is 0 Å². The number of hydrogen-bond acceptors (Lipinski definition) is 4. The summed E-state index contributed by atoms with van der Waals surface area (Å²) in [4.78, 5) is -0.282. The average molecular weight is 356 g/mol. The Morgan fingerprint density at radius 1 is 1.00 bits per heavy atom. The predicted molar refractivity (Wildman–Crippen MR) is 88.8 cm³/mol. The van der Waals surface area contributed by atoms with E-state index in [2.05, 4.69) is 6.92 Å². The van der Waals surface area contributed by atoms with Crippen molar-refractivity contribution in [1.82, 2.24) is 0 Å². The van der Waals surface area contributed by atoms with E-state index in [4.69, 9.17) is 4.74 Å². The largest absolute Gasteiger partial charge is 1.00 e. The molecule has 0 atom stereocenters. The minimum Gasteiger partial charge on any atom is -0.744 e. The molecule has 0 radical (unpaired) electrons. The molecule has 0 saturated carbocycles. The zero-order valence-electron chi connectivity index (χ0n) is 14.2. The van der Waals surface area contributed by atoms with Gasteiger partial charge in [0.05, 0.1) is 4.90 Å². The topological polar surface area (TPSA) is 66.4 Å². The molecule has 0 spiro atoms. The molecular formula is C18H21NaO4S. The zero-order valence-corrected chi connectivity index (χ0v) is 17.0. The van der Waals surface area contributed by atoms with Crippen LogP contribution in [0.5, 0.6) is 11.5 Å². The van der Waals surface area contributed by atoms with E-state index in [0.717, 1.165) is 18.4 Å². The summed E-state index contributed by atoms with van der Waals surface area (Å²) in [5.41, 5.74) is 1.08. The van der Waals surface area contributed by atoms with Crippen LogP contribution in [0.15, 0.2) is 53.4 Å². The normalized spacial score (nSPS) is 10.9. The van der Waals surface area contributed by atoms with Crippen LogP contribution in [0.1, 0.15) is 38.2 Å². The fourth-order valence-electron chi connectivity index (χ4n) is 2.37. The van der Waals surface area contributed by atoms with E-state index < -0.39 is 10.1 Å². The van der Waals surface area contributed by atoms with E-state index in [-0.39, 0.29) is 34.5 Å². The molecule has 0 fully saturated rings. The van der Waals surface area contributed by atoms with E-state index in [1.165, 1.54) is 37.5 Å². The van der Waals surface area contributed by atoms with Crippen LogP contribution in [0.2, 0.25) is 0 Å². The summed E-state index contributed by atoms with van der Waals surface area (Å²) in [7, 11) is -4.48. The third kappa shape index (κ3) is 6.57. The Morgan fingerprint density at radius 2 is 1.75 bits per heavy atom. The van der Waals surface area contributed by atoms with Crippen LogP contribution in [0.25, 0.3) is 0 Å². The molecule has 124 valence electrons. The van der Waals surface area contributed by atoms with E-state index in [1.54, 1.807) is 6.07 Å². The number of benzene rings is 2. The van der Waals surface area contributed by atoms with Crippen LogP contribution in [0.4, 0.5) is 0 Å². The van der Waals surface area contributed by atoms with Crippen LogP contribution in [-0.4, -0.2) is 13.0 Å². The van der Waals surface area contributed by atoms with Gasteiger partial charge >= 0.3 is 29.6 Å². The maximum atomic E-state index is 11.1. The summed E-state index contributed by atoms with van der Waals surface area (Å²) in [6.45, 7) is 2.17. The van der Waals surface area contributed by atoms with Gasteiger partial charge in [-0.2, -0.15) is 0 Å². The summed E-state index contributed by atoms with van der Waals surface area (Å²) in [6.07, 6.45) is 5.58. The first-order valence-electron chi connectivity index (χ1n) is 7.82. The summed E-state index contributed by atoms with van der Waals surface area (Å²) in [5.74, 6) is 1.05. The molecule has 0 heterocycles. The van der Waals surface area contributed by atoms with Crippen LogP contribution in [-0.2, 0) is 16.5 Å². The Balaban J connectivity index is 0.00000288. The fourth-order valence-corrected chi connectivity index (χ4v) is 2.88. The molecule has 0 aliphatic rings. The Bertz CT molecular complexity index is 744. The van der Waals surface area contributed by atoms with E-state index in [1.807, 2.05) is 24.3 Å². The van der Waals surface area contributed by atoms with Gasteiger partial charge in [0.15, 0.2) is 0 Å². The molecule has 0 aliphatic carbocycles. The summed E-state index contributed by atoms with van der Waals surface area (Å²) in [5, 5.41) is 0. The molecule has 0 saturated heterocycles. The van der Waals surface area contributed by atoms with Crippen molar-refractivity contribution in [2.75, 3.05) is 0 Å².